The predicted molar refractivity (Wildman–Crippen MR) is 102 cm³/mol. The second-order valence-electron chi connectivity index (χ2n) is 6.33. The Hall–Kier alpha value is -3.02. The van der Waals surface area contributed by atoms with Crippen molar-refractivity contribution in [2.75, 3.05) is 11.0 Å². The molecule has 0 heterocycles. The number of alkyl halides is 3. The molecule has 1 amide bonds. The number of hydrogen-bond donors (Lipinski definition) is 2. The Bertz CT molecular complexity index is 998. The molecular formula is C18H17F4N3O4S. The standard InChI is InChI=1S/C18H17F4N3O4S/c1-10(11-4-6-15(14(19)7-11)24-30(2)29)17(26)23-9-12-3-5-13(18(20,21)22)8-16(12)25(27)28/h3-8,10,24H,9H2,1-2H3,(H,23,26). The number of nitrogens with zero attached hydrogens (tertiary/aromatic N) is 1. The van der Waals surface area contributed by atoms with E-state index in [1.54, 1.807) is 0 Å². The Morgan fingerprint density at radius 3 is 2.43 bits per heavy atom. The van der Waals surface area contributed by atoms with Gasteiger partial charge in [0.05, 0.1) is 22.1 Å². The summed E-state index contributed by atoms with van der Waals surface area (Å²) in [6, 6.07) is 5.87. The van der Waals surface area contributed by atoms with E-state index >= 15 is 0 Å². The fourth-order valence-electron chi connectivity index (χ4n) is 2.58. The van der Waals surface area contributed by atoms with Crippen LogP contribution in [0.3, 0.4) is 0 Å². The third kappa shape index (κ3) is 5.75. The predicted octanol–water partition coefficient (Wildman–Crippen LogP) is 3.88. The normalized spacial score (nSPS) is 13.4. The molecule has 0 saturated heterocycles. The largest absolute Gasteiger partial charge is 0.416 e. The van der Waals surface area contributed by atoms with Crippen molar-refractivity contribution in [2.24, 2.45) is 0 Å². The van der Waals surface area contributed by atoms with Crippen molar-refractivity contribution in [3.63, 3.8) is 0 Å². The van der Waals surface area contributed by atoms with E-state index in [9.17, 15) is 36.7 Å². The third-order valence-corrected chi connectivity index (χ3v) is 4.71. The molecular weight excluding hydrogens is 430 g/mol. The van der Waals surface area contributed by atoms with Gasteiger partial charge in [-0.15, -0.1) is 0 Å². The monoisotopic (exact) mass is 447 g/mol. The topological polar surface area (TPSA) is 101 Å². The number of benzene rings is 2. The first kappa shape index (κ1) is 23.3. The number of nitro groups is 1. The minimum atomic E-state index is -4.74. The van der Waals surface area contributed by atoms with Gasteiger partial charge < -0.3 is 10.0 Å². The highest BCUT2D eigenvalue weighted by Gasteiger charge is 2.33. The van der Waals surface area contributed by atoms with Gasteiger partial charge in [-0.2, -0.15) is 13.2 Å². The molecule has 7 nitrogen and oxygen atoms in total. The van der Waals surface area contributed by atoms with E-state index in [4.69, 9.17) is 0 Å². The van der Waals surface area contributed by atoms with E-state index in [1.165, 1.54) is 25.3 Å². The van der Waals surface area contributed by atoms with Gasteiger partial charge >= 0.3 is 6.18 Å². The first-order valence-corrected chi connectivity index (χ1v) is 9.97. The summed E-state index contributed by atoms with van der Waals surface area (Å²) >= 11 is 0. The zero-order valence-electron chi connectivity index (χ0n) is 15.7. The lowest BCUT2D eigenvalue weighted by Gasteiger charge is -2.14. The second kappa shape index (κ2) is 9.20. The van der Waals surface area contributed by atoms with Crippen molar-refractivity contribution in [2.45, 2.75) is 25.6 Å². The summed E-state index contributed by atoms with van der Waals surface area (Å²) in [6.07, 6.45) is -3.42. The number of carbonyl (C=O) groups excluding carboxylic acids is 1. The van der Waals surface area contributed by atoms with Crippen LogP contribution in [0.15, 0.2) is 36.4 Å². The number of rotatable bonds is 7. The molecule has 0 spiro atoms. The minimum Gasteiger partial charge on any atom is -0.351 e. The zero-order chi connectivity index (χ0) is 22.6. The van der Waals surface area contributed by atoms with Crippen molar-refractivity contribution >= 4 is 28.3 Å². The molecule has 0 fully saturated rings. The van der Waals surface area contributed by atoms with E-state index in [-0.39, 0.29) is 17.8 Å². The molecule has 0 saturated carbocycles. The smallest absolute Gasteiger partial charge is 0.351 e. The summed E-state index contributed by atoms with van der Waals surface area (Å²) < 4.78 is 65.9. The van der Waals surface area contributed by atoms with Crippen LogP contribution in [0, 0.1) is 15.9 Å². The molecule has 2 N–H and O–H groups in total. The first-order chi connectivity index (χ1) is 13.9. The number of nitro benzene ring substituents is 1. The molecule has 2 aromatic carbocycles. The molecule has 2 atom stereocenters. The second-order valence-corrected chi connectivity index (χ2v) is 7.45. The van der Waals surface area contributed by atoms with E-state index in [0.29, 0.717) is 17.7 Å². The lowest BCUT2D eigenvalue weighted by Crippen LogP contribution is -2.28. The molecule has 2 unspecified atom stereocenters. The van der Waals surface area contributed by atoms with Crippen LogP contribution in [0.2, 0.25) is 0 Å². The molecule has 0 aliphatic heterocycles. The lowest BCUT2D eigenvalue weighted by molar-refractivity contribution is -0.385. The Labute approximate surface area is 171 Å². The highest BCUT2D eigenvalue weighted by atomic mass is 32.2. The van der Waals surface area contributed by atoms with Gasteiger partial charge in [0.15, 0.2) is 0 Å². The molecule has 162 valence electrons. The molecule has 2 aromatic rings. The summed E-state index contributed by atoms with van der Waals surface area (Å²) in [7, 11) is -1.49. The number of hydrogen-bond acceptors (Lipinski definition) is 4. The Morgan fingerprint density at radius 1 is 1.23 bits per heavy atom. The highest BCUT2D eigenvalue weighted by molar-refractivity contribution is 7.85. The van der Waals surface area contributed by atoms with Gasteiger partial charge in [-0.25, -0.2) is 8.60 Å². The van der Waals surface area contributed by atoms with Crippen molar-refractivity contribution < 1.29 is 31.5 Å². The van der Waals surface area contributed by atoms with Crippen LogP contribution in [0.25, 0.3) is 0 Å². The molecule has 0 aliphatic rings. The summed E-state index contributed by atoms with van der Waals surface area (Å²) in [5, 5.41) is 13.5. The fraction of sp³-hybridized carbons (Fsp3) is 0.278. The van der Waals surface area contributed by atoms with Gasteiger partial charge in [0.25, 0.3) is 5.69 Å². The maximum Gasteiger partial charge on any atom is 0.416 e. The maximum atomic E-state index is 14.1. The molecule has 30 heavy (non-hydrogen) atoms. The number of carbonyl (C=O) groups is 1. The van der Waals surface area contributed by atoms with Gasteiger partial charge in [-0.05, 0) is 36.8 Å². The molecule has 0 aliphatic carbocycles. The maximum absolute atomic E-state index is 14.1. The van der Waals surface area contributed by atoms with Gasteiger partial charge in [0.2, 0.25) is 5.91 Å². The molecule has 12 heteroatoms. The number of halogens is 4. The van der Waals surface area contributed by atoms with Crippen LogP contribution in [-0.2, 0) is 28.5 Å². The van der Waals surface area contributed by atoms with Crippen LogP contribution < -0.4 is 10.0 Å². The van der Waals surface area contributed by atoms with E-state index in [2.05, 4.69) is 10.0 Å². The van der Waals surface area contributed by atoms with Crippen molar-refractivity contribution in [1.82, 2.24) is 5.32 Å². The Kier molecular flexibility index (Phi) is 7.13. The number of nitrogens with one attached hydrogen (secondary N) is 2. The zero-order valence-corrected chi connectivity index (χ0v) is 16.6. The SMILES string of the molecule is CC(C(=O)NCc1ccc(C(F)(F)F)cc1[N+](=O)[O-])c1ccc(NS(C)=O)c(F)c1. The Morgan fingerprint density at radius 2 is 1.90 bits per heavy atom. The van der Waals surface area contributed by atoms with Crippen LogP contribution in [0.1, 0.15) is 29.5 Å². The number of anilines is 1. The van der Waals surface area contributed by atoms with E-state index in [0.717, 1.165) is 12.1 Å². The van der Waals surface area contributed by atoms with Gasteiger partial charge in [0.1, 0.15) is 16.8 Å². The first-order valence-electron chi connectivity index (χ1n) is 8.42. The Balaban J connectivity index is 2.14. The summed E-state index contributed by atoms with van der Waals surface area (Å²) in [6.45, 7) is 1.09. The van der Waals surface area contributed by atoms with Crippen molar-refractivity contribution in [3.8, 4) is 0 Å². The van der Waals surface area contributed by atoms with Crippen LogP contribution in [0.5, 0.6) is 0 Å². The lowest BCUT2D eigenvalue weighted by atomic mass is 9.99. The average Bonchev–Trinajstić information content (AvgIpc) is 2.65. The fourth-order valence-corrected chi connectivity index (χ4v) is 3.06. The van der Waals surface area contributed by atoms with Crippen LogP contribution >= 0.6 is 0 Å². The minimum absolute atomic E-state index is 0.00688. The van der Waals surface area contributed by atoms with Gasteiger partial charge in [-0.1, -0.05) is 6.07 Å². The summed E-state index contributed by atoms with van der Waals surface area (Å²) in [4.78, 5) is 22.5. The molecule has 0 bridgehead atoms. The molecule has 2 rings (SSSR count). The summed E-state index contributed by atoms with van der Waals surface area (Å²) in [5.41, 5.74) is -1.77. The van der Waals surface area contributed by atoms with Crippen LogP contribution in [0.4, 0.5) is 28.9 Å². The third-order valence-electron chi connectivity index (χ3n) is 4.20. The quantitative estimate of drug-likeness (QED) is 0.382. The molecule has 0 radical (unpaired) electrons. The van der Waals surface area contributed by atoms with Gasteiger partial charge in [0, 0.05) is 24.4 Å². The molecule has 0 aromatic heterocycles. The number of amides is 1. The summed E-state index contributed by atoms with van der Waals surface area (Å²) in [5.74, 6) is -2.18. The van der Waals surface area contributed by atoms with Gasteiger partial charge in [-0.3, -0.25) is 14.9 Å². The average molecular weight is 447 g/mol. The van der Waals surface area contributed by atoms with E-state index < -0.39 is 51.0 Å². The van der Waals surface area contributed by atoms with Crippen molar-refractivity contribution in [1.29, 1.82) is 0 Å². The highest BCUT2D eigenvalue weighted by Crippen LogP contribution is 2.33. The van der Waals surface area contributed by atoms with E-state index in [1.807, 2.05) is 0 Å². The van der Waals surface area contributed by atoms with Crippen LogP contribution in [-0.4, -0.2) is 21.3 Å². The van der Waals surface area contributed by atoms with Crippen molar-refractivity contribution in [3.05, 3.63) is 69.0 Å².